The third kappa shape index (κ3) is 3.51. The van der Waals surface area contributed by atoms with E-state index >= 15 is 0 Å². The maximum Gasteiger partial charge on any atom is 0.194 e. The van der Waals surface area contributed by atoms with Gasteiger partial charge in [0, 0.05) is 0 Å². The van der Waals surface area contributed by atoms with Crippen LogP contribution in [0.2, 0.25) is 0 Å². The Morgan fingerprint density at radius 1 is 0.741 bits per heavy atom. The molecule has 1 fully saturated rings. The molecule has 3 aromatic carbocycles. The minimum Gasteiger partial charge on any atom is -0.204 e. The third-order valence-electron chi connectivity index (χ3n) is 5.76. The van der Waals surface area contributed by atoms with Crippen LogP contribution in [0.5, 0.6) is 0 Å². The van der Waals surface area contributed by atoms with Crippen molar-refractivity contribution in [2.24, 2.45) is 5.92 Å². The normalized spacial score (nSPS) is 20.0. The van der Waals surface area contributed by atoms with Crippen LogP contribution in [0, 0.1) is 23.4 Å². The van der Waals surface area contributed by atoms with Gasteiger partial charge in [0.25, 0.3) is 0 Å². The van der Waals surface area contributed by atoms with Crippen molar-refractivity contribution < 1.29 is 13.2 Å². The lowest BCUT2D eigenvalue weighted by Gasteiger charge is -2.27. The van der Waals surface area contributed by atoms with Gasteiger partial charge in [-0.1, -0.05) is 36.4 Å². The maximum absolute atomic E-state index is 13.5. The summed E-state index contributed by atoms with van der Waals surface area (Å²) in [4.78, 5) is 0. The highest BCUT2D eigenvalue weighted by Gasteiger charge is 2.20. The molecule has 0 nitrogen and oxygen atoms in total. The molecule has 0 spiro atoms. The summed E-state index contributed by atoms with van der Waals surface area (Å²) in [6.45, 7) is 3.90. The number of allylic oxidation sites excluding steroid dienone is 1. The van der Waals surface area contributed by atoms with Gasteiger partial charge in [-0.2, -0.15) is 0 Å². The van der Waals surface area contributed by atoms with E-state index in [1.165, 1.54) is 31.2 Å². The molecule has 138 valence electrons. The SMILES string of the molecule is C=C[C@H]1CC[C@H](c2ccc3cc(-c4cc(F)c(F)c(F)c4)ccc3c2)CC1. The molecule has 1 aliphatic rings. The van der Waals surface area contributed by atoms with E-state index in [0.717, 1.165) is 22.9 Å². The standard InChI is InChI=1S/C24H21F3/c1-2-15-3-5-16(6-4-15)17-7-8-19-12-20(10-9-18(19)11-17)21-13-22(25)24(27)23(26)14-21/h2,7-16H,1,3-6H2/t15-,16-. The van der Waals surface area contributed by atoms with E-state index in [4.69, 9.17) is 0 Å². The first kappa shape index (κ1) is 17.8. The summed E-state index contributed by atoms with van der Waals surface area (Å²) in [5, 5.41) is 2.10. The fourth-order valence-corrected chi connectivity index (χ4v) is 4.11. The van der Waals surface area contributed by atoms with Crippen molar-refractivity contribution >= 4 is 10.8 Å². The molecule has 0 N–H and O–H groups in total. The molecule has 3 aromatic rings. The van der Waals surface area contributed by atoms with E-state index in [-0.39, 0.29) is 0 Å². The van der Waals surface area contributed by atoms with Gasteiger partial charge in [0.1, 0.15) is 0 Å². The van der Waals surface area contributed by atoms with Gasteiger partial charge in [-0.25, -0.2) is 13.2 Å². The topological polar surface area (TPSA) is 0 Å². The molecule has 0 aliphatic heterocycles. The molecule has 0 unspecified atom stereocenters. The van der Waals surface area contributed by atoms with E-state index in [9.17, 15) is 13.2 Å². The summed E-state index contributed by atoms with van der Waals surface area (Å²) in [7, 11) is 0. The van der Waals surface area contributed by atoms with Crippen LogP contribution in [0.25, 0.3) is 21.9 Å². The van der Waals surface area contributed by atoms with Gasteiger partial charge < -0.3 is 0 Å². The van der Waals surface area contributed by atoms with E-state index < -0.39 is 17.5 Å². The Balaban J connectivity index is 1.64. The third-order valence-corrected chi connectivity index (χ3v) is 5.76. The van der Waals surface area contributed by atoms with Crippen molar-refractivity contribution in [3.63, 3.8) is 0 Å². The largest absolute Gasteiger partial charge is 0.204 e. The lowest BCUT2D eigenvalue weighted by Crippen LogP contribution is -2.11. The molecule has 0 aromatic heterocycles. The molecule has 0 amide bonds. The number of rotatable bonds is 3. The first-order valence-corrected chi connectivity index (χ1v) is 9.36. The highest BCUT2D eigenvalue weighted by molar-refractivity contribution is 5.88. The Hall–Kier alpha value is -2.55. The molecule has 4 rings (SSSR count). The predicted molar refractivity (Wildman–Crippen MR) is 104 cm³/mol. The molecule has 0 heterocycles. The Morgan fingerprint density at radius 2 is 1.37 bits per heavy atom. The molecule has 0 bridgehead atoms. The predicted octanol–water partition coefficient (Wildman–Crippen LogP) is 7.38. The molecule has 0 radical (unpaired) electrons. The Bertz CT molecular complexity index is 975. The van der Waals surface area contributed by atoms with Crippen LogP contribution in [0.4, 0.5) is 13.2 Å². The molecular formula is C24H21F3. The summed E-state index contributed by atoms with van der Waals surface area (Å²) in [5.41, 5.74) is 2.34. The second kappa shape index (κ2) is 7.22. The van der Waals surface area contributed by atoms with Crippen LogP contribution < -0.4 is 0 Å². The van der Waals surface area contributed by atoms with Gasteiger partial charge in [-0.3, -0.25) is 0 Å². The fraction of sp³-hybridized carbons (Fsp3) is 0.250. The van der Waals surface area contributed by atoms with E-state index in [1.54, 1.807) is 0 Å². The van der Waals surface area contributed by atoms with Crippen LogP contribution in [0.3, 0.4) is 0 Å². The molecular weight excluding hydrogens is 345 g/mol. The van der Waals surface area contributed by atoms with Crippen molar-refractivity contribution in [1.29, 1.82) is 0 Å². The van der Waals surface area contributed by atoms with Crippen molar-refractivity contribution in [3.05, 3.63) is 84.2 Å². The van der Waals surface area contributed by atoms with E-state index in [2.05, 4.69) is 30.9 Å². The molecule has 1 saturated carbocycles. The van der Waals surface area contributed by atoms with Gasteiger partial charge in [-0.05, 0) is 83.2 Å². The number of halogens is 3. The smallest absolute Gasteiger partial charge is 0.194 e. The van der Waals surface area contributed by atoms with Crippen molar-refractivity contribution in [2.45, 2.75) is 31.6 Å². The Kier molecular flexibility index (Phi) is 4.77. The van der Waals surface area contributed by atoms with Gasteiger partial charge in [0.05, 0.1) is 0 Å². The molecule has 3 heteroatoms. The van der Waals surface area contributed by atoms with Crippen LogP contribution in [0.1, 0.15) is 37.2 Å². The highest BCUT2D eigenvalue weighted by atomic mass is 19.2. The minimum absolute atomic E-state index is 0.333. The number of benzene rings is 3. The summed E-state index contributed by atoms with van der Waals surface area (Å²) in [5.74, 6) is -2.56. The van der Waals surface area contributed by atoms with Gasteiger partial charge in [-0.15, -0.1) is 6.58 Å². The van der Waals surface area contributed by atoms with Crippen molar-refractivity contribution in [2.75, 3.05) is 0 Å². The molecule has 1 aliphatic carbocycles. The fourth-order valence-electron chi connectivity index (χ4n) is 4.11. The molecule has 27 heavy (non-hydrogen) atoms. The zero-order valence-electron chi connectivity index (χ0n) is 15.0. The monoisotopic (exact) mass is 366 g/mol. The van der Waals surface area contributed by atoms with Crippen LogP contribution in [-0.4, -0.2) is 0 Å². The molecule has 0 atom stereocenters. The van der Waals surface area contributed by atoms with Gasteiger partial charge >= 0.3 is 0 Å². The first-order valence-electron chi connectivity index (χ1n) is 9.36. The second-order valence-corrected chi connectivity index (χ2v) is 7.42. The van der Waals surface area contributed by atoms with Crippen LogP contribution in [0.15, 0.2) is 61.2 Å². The average Bonchev–Trinajstić information content (AvgIpc) is 2.71. The summed E-state index contributed by atoms with van der Waals surface area (Å²) in [6.07, 6.45) is 6.79. The summed E-state index contributed by atoms with van der Waals surface area (Å²) in [6, 6.07) is 14.2. The lowest BCUT2D eigenvalue weighted by atomic mass is 9.78. The zero-order valence-corrected chi connectivity index (χ0v) is 15.0. The van der Waals surface area contributed by atoms with Crippen molar-refractivity contribution in [1.82, 2.24) is 0 Å². The quantitative estimate of drug-likeness (QED) is 0.335. The van der Waals surface area contributed by atoms with Crippen LogP contribution >= 0.6 is 0 Å². The number of fused-ring (bicyclic) bond motifs is 1. The Morgan fingerprint density at radius 3 is 2.04 bits per heavy atom. The van der Waals surface area contributed by atoms with E-state index in [0.29, 0.717) is 23.0 Å². The van der Waals surface area contributed by atoms with Gasteiger partial charge in [0.2, 0.25) is 0 Å². The van der Waals surface area contributed by atoms with E-state index in [1.807, 2.05) is 18.2 Å². The first-order chi connectivity index (χ1) is 13.0. The highest BCUT2D eigenvalue weighted by Crippen LogP contribution is 2.37. The zero-order chi connectivity index (χ0) is 19.0. The summed E-state index contributed by atoms with van der Waals surface area (Å²) >= 11 is 0. The summed E-state index contributed by atoms with van der Waals surface area (Å²) < 4.78 is 40.3. The number of hydrogen-bond donors (Lipinski definition) is 0. The van der Waals surface area contributed by atoms with Gasteiger partial charge in [0.15, 0.2) is 17.5 Å². The maximum atomic E-state index is 13.5. The minimum atomic E-state index is -1.43. The number of hydrogen-bond acceptors (Lipinski definition) is 0. The lowest BCUT2D eigenvalue weighted by molar-refractivity contribution is 0.376. The van der Waals surface area contributed by atoms with Crippen LogP contribution in [-0.2, 0) is 0 Å². The molecule has 0 saturated heterocycles. The van der Waals surface area contributed by atoms with Crippen molar-refractivity contribution in [3.8, 4) is 11.1 Å². The average molecular weight is 366 g/mol. The Labute approximate surface area is 157 Å². The second-order valence-electron chi connectivity index (χ2n) is 7.42.